The number of hydrogen-bond acceptors (Lipinski definition) is 2. The van der Waals surface area contributed by atoms with Crippen LogP contribution in [0, 0.1) is 5.82 Å². The van der Waals surface area contributed by atoms with E-state index in [-0.39, 0.29) is 11.4 Å². The SMILES string of the molecule is COC(C)(C)CCOc1cccc(F)c1. The number of ether oxygens (including phenoxy) is 2. The lowest BCUT2D eigenvalue weighted by atomic mass is 10.1. The van der Waals surface area contributed by atoms with Crippen molar-refractivity contribution >= 4 is 0 Å². The third-order valence-corrected chi connectivity index (χ3v) is 2.32. The summed E-state index contributed by atoms with van der Waals surface area (Å²) in [4.78, 5) is 0. The van der Waals surface area contributed by atoms with Crippen molar-refractivity contribution in [1.29, 1.82) is 0 Å². The van der Waals surface area contributed by atoms with E-state index in [0.29, 0.717) is 12.4 Å². The van der Waals surface area contributed by atoms with Crippen LogP contribution in [0.3, 0.4) is 0 Å². The molecule has 0 amide bonds. The topological polar surface area (TPSA) is 18.5 Å². The second-order valence-corrected chi connectivity index (χ2v) is 4.02. The highest BCUT2D eigenvalue weighted by Crippen LogP contribution is 2.16. The maximum Gasteiger partial charge on any atom is 0.126 e. The van der Waals surface area contributed by atoms with E-state index >= 15 is 0 Å². The van der Waals surface area contributed by atoms with E-state index in [9.17, 15) is 4.39 Å². The van der Waals surface area contributed by atoms with Gasteiger partial charge in [-0.25, -0.2) is 4.39 Å². The molecule has 0 unspecified atom stereocenters. The Hall–Kier alpha value is -1.09. The molecule has 0 aliphatic heterocycles. The number of benzene rings is 1. The fourth-order valence-electron chi connectivity index (χ4n) is 1.07. The van der Waals surface area contributed by atoms with Gasteiger partial charge in [0.1, 0.15) is 11.6 Å². The van der Waals surface area contributed by atoms with Crippen molar-refractivity contribution < 1.29 is 13.9 Å². The van der Waals surface area contributed by atoms with Gasteiger partial charge in [-0.1, -0.05) is 6.07 Å². The van der Waals surface area contributed by atoms with Crippen LogP contribution in [0.25, 0.3) is 0 Å². The van der Waals surface area contributed by atoms with E-state index in [1.165, 1.54) is 12.1 Å². The highest BCUT2D eigenvalue weighted by Gasteiger charge is 2.15. The van der Waals surface area contributed by atoms with Crippen LogP contribution in [-0.4, -0.2) is 19.3 Å². The van der Waals surface area contributed by atoms with Crippen LogP contribution >= 0.6 is 0 Å². The standard InChI is InChI=1S/C12H17FO2/c1-12(2,14-3)7-8-15-11-6-4-5-10(13)9-11/h4-6,9H,7-8H2,1-3H3. The normalized spacial score (nSPS) is 11.5. The summed E-state index contributed by atoms with van der Waals surface area (Å²) in [6.45, 7) is 4.49. The monoisotopic (exact) mass is 212 g/mol. The van der Waals surface area contributed by atoms with Crippen LogP contribution in [0.2, 0.25) is 0 Å². The Morgan fingerprint density at radius 2 is 2.07 bits per heavy atom. The van der Waals surface area contributed by atoms with Crippen LogP contribution in [0.4, 0.5) is 4.39 Å². The molecule has 2 nitrogen and oxygen atoms in total. The molecule has 0 bridgehead atoms. The molecule has 1 rings (SSSR count). The highest BCUT2D eigenvalue weighted by atomic mass is 19.1. The molecule has 84 valence electrons. The summed E-state index contributed by atoms with van der Waals surface area (Å²) in [5.74, 6) is 0.278. The van der Waals surface area contributed by atoms with Crippen LogP contribution in [0.1, 0.15) is 20.3 Å². The summed E-state index contributed by atoms with van der Waals surface area (Å²) in [6, 6.07) is 6.14. The van der Waals surface area contributed by atoms with Gasteiger partial charge in [-0.3, -0.25) is 0 Å². The molecular formula is C12H17FO2. The first-order chi connectivity index (χ1) is 7.03. The third kappa shape index (κ3) is 4.30. The number of halogens is 1. The molecule has 3 heteroatoms. The van der Waals surface area contributed by atoms with Gasteiger partial charge in [0.25, 0.3) is 0 Å². The predicted octanol–water partition coefficient (Wildman–Crippen LogP) is 3.02. The Morgan fingerprint density at radius 3 is 2.67 bits per heavy atom. The molecule has 0 aromatic heterocycles. The maximum atomic E-state index is 12.8. The first-order valence-corrected chi connectivity index (χ1v) is 4.97. The van der Waals surface area contributed by atoms with Gasteiger partial charge in [-0.2, -0.15) is 0 Å². The van der Waals surface area contributed by atoms with E-state index in [0.717, 1.165) is 6.42 Å². The van der Waals surface area contributed by atoms with Crippen molar-refractivity contribution in [3.05, 3.63) is 30.1 Å². The van der Waals surface area contributed by atoms with Gasteiger partial charge in [-0.05, 0) is 26.0 Å². The average Bonchev–Trinajstić information content (AvgIpc) is 2.18. The van der Waals surface area contributed by atoms with Crippen molar-refractivity contribution in [2.24, 2.45) is 0 Å². The van der Waals surface area contributed by atoms with E-state index in [1.54, 1.807) is 19.2 Å². The summed E-state index contributed by atoms with van der Waals surface area (Å²) in [7, 11) is 1.67. The average molecular weight is 212 g/mol. The molecule has 0 saturated heterocycles. The first-order valence-electron chi connectivity index (χ1n) is 4.97. The van der Waals surface area contributed by atoms with E-state index in [4.69, 9.17) is 9.47 Å². The van der Waals surface area contributed by atoms with Gasteiger partial charge in [0.15, 0.2) is 0 Å². The van der Waals surface area contributed by atoms with E-state index in [2.05, 4.69) is 0 Å². The molecule has 15 heavy (non-hydrogen) atoms. The lowest BCUT2D eigenvalue weighted by Crippen LogP contribution is -2.25. The minimum Gasteiger partial charge on any atom is -0.493 e. The van der Waals surface area contributed by atoms with E-state index in [1.807, 2.05) is 13.8 Å². The molecule has 0 heterocycles. The Bertz CT molecular complexity index is 310. The van der Waals surface area contributed by atoms with Gasteiger partial charge >= 0.3 is 0 Å². The first kappa shape index (κ1) is 12.0. The molecule has 1 aromatic carbocycles. The molecule has 0 N–H and O–H groups in total. The van der Waals surface area contributed by atoms with Gasteiger partial charge in [-0.15, -0.1) is 0 Å². The zero-order valence-electron chi connectivity index (χ0n) is 9.42. The van der Waals surface area contributed by atoms with E-state index < -0.39 is 0 Å². The maximum absolute atomic E-state index is 12.8. The Balaban J connectivity index is 2.38. The number of methoxy groups -OCH3 is 1. The minimum absolute atomic E-state index is 0.201. The molecule has 0 saturated carbocycles. The Morgan fingerprint density at radius 1 is 1.33 bits per heavy atom. The predicted molar refractivity (Wildman–Crippen MR) is 57.6 cm³/mol. The summed E-state index contributed by atoms with van der Waals surface area (Å²) >= 11 is 0. The smallest absolute Gasteiger partial charge is 0.126 e. The van der Waals surface area contributed by atoms with Crippen LogP contribution in [0.5, 0.6) is 5.75 Å². The van der Waals surface area contributed by atoms with Crippen LogP contribution in [-0.2, 0) is 4.74 Å². The second-order valence-electron chi connectivity index (χ2n) is 4.02. The molecule has 0 atom stereocenters. The Kier molecular flexibility index (Phi) is 4.09. The molecule has 0 aliphatic carbocycles. The quantitative estimate of drug-likeness (QED) is 0.747. The van der Waals surface area contributed by atoms with Crippen molar-refractivity contribution in [3.63, 3.8) is 0 Å². The summed E-state index contributed by atoms with van der Waals surface area (Å²) in [5, 5.41) is 0. The lowest BCUT2D eigenvalue weighted by Gasteiger charge is -2.22. The fourth-order valence-corrected chi connectivity index (χ4v) is 1.07. The van der Waals surface area contributed by atoms with Crippen molar-refractivity contribution in [1.82, 2.24) is 0 Å². The minimum atomic E-state index is -0.279. The highest BCUT2D eigenvalue weighted by molar-refractivity contribution is 5.22. The molecule has 0 spiro atoms. The molecule has 0 radical (unpaired) electrons. The summed E-state index contributed by atoms with van der Waals surface area (Å²) < 4.78 is 23.4. The lowest BCUT2D eigenvalue weighted by molar-refractivity contribution is 0.00544. The van der Waals surface area contributed by atoms with Gasteiger partial charge in [0, 0.05) is 19.6 Å². The molecular weight excluding hydrogens is 195 g/mol. The number of hydrogen-bond donors (Lipinski definition) is 0. The van der Waals surface area contributed by atoms with Crippen LogP contribution < -0.4 is 4.74 Å². The summed E-state index contributed by atoms with van der Waals surface area (Å²) in [5.41, 5.74) is -0.201. The van der Waals surface area contributed by atoms with Crippen molar-refractivity contribution in [2.45, 2.75) is 25.9 Å². The van der Waals surface area contributed by atoms with Gasteiger partial charge < -0.3 is 9.47 Å². The van der Waals surface area contributed by atoms with Crippen molar-refractivity contribution in [2.75, 3.05) is 13.7 Å². The third-order valence-electron chi connectivity index (χ3n) is 2.32. The fraction of sp³-hybridized carbons (Fsp3) is 0.500. The molecule has 1 aromatic rings. The summed E-state index contributed by atoms with van der Waals surface area (Å²) in [6.07, 6.45) is 0.764. The Labute approximate surface area is 90.0 Å². The largest absolute Gasteiger partial charge is 0.493 e. The van der Waals surface area contributed by atoms with Gasteiger partial charge in [0.05, 0.1) is 12.2 Å². The molecule has 0 fully saturated rings. The number of rotatable bonds is 5. The zero-order chi connectivity index (χ0) is 11.3. The molecule has 0 aliphatic rings. The van der Waals surface area contributed by atoms with Gasteiger partial charge in [0.2, 0.25) is 0 Å². The second kappa shape index (κ2) is 5.12. The van der Waals surface area contributed by atoms with Crippen molar-refractivity contribution in [3.8, 4) is 5.75 Å². The zero-order valence-corrected chi connectivity index (χ0v) is 9.42. The van der Waals surface area contributed by atoms with Crippen LogP contribution in [0.15, 0.2) is 24.3 Å².